The van der Waals surface area contributed by atoms with Gasteiger partial charge in [-0.1, -0.05) is 6.07 Å². The summed E-state index contributed by atoms with van der Waals surface area (Å²) >= 11 is 0. The van der Waals surface area contributed by atoms with Crippen LogP contribution in [0.2, 0.25) is 0 Å². The Morgan fingerprint density at radius 2 is 1.92 bits per heavy atom. The lowest BCUT2D eigenvalue weighted by molar-refractivity contribution is 0.0914. The van der Waals surface area contributed by atoms with Gasteiger partial charge in [0.15, 0.2) is 17.5 Å². The van der Waals surface area contributed by atoms with Gasteiger partial charge in [-0.3, -0.25) is 4.99 Å². The number of hydrogen-bond donors (Lipinski definition) is 1. The van der Waals surface area contributed by atoms with E-state index < -0.39 is 0 Å². The molecule has 0 atom stereocenters. The highest BCUT2D eigenvalue weighted by molar-refractivity contribution is 5.80. The van der Waals surface area contributed by atoms with E-state index in [2.05, 4.69) is 21.3 Å². The Kier molecular flexibility index (Phi) is 6.04. The molecule has 142 valence electrons. The van der Waals surface area contributed by atoms with E-state index in [1.807, 2.05) is 19.1 Å². The number of aliphatic imine (C=N–C) groups is 1. The van der Waals surface area contributed by atoms with Crippen molar-refractivity contribution in [2.45, 2.75) is 13.3 Å². The molecule has 0 bridgehead atoms. The van der Waals surface area contributed by atoms with E-state index in [0.717, 1.165) is 43.5 Å². The summed E-state index contributed by atoms with van der Waals surface area (Å²) in [6, 6.07) is 6.02. The summed E-state index contributed by atoms with van der Waals surface area (Å²) in [4.78, 5) is 20.0. The van der Waals surface area contributed by atoms with Gasteiger partial charge in [-0.2, -0.15) is 0 Å². The van der Waals surface area contributed by atoms with Gasteiger partial charge >= 0.3 is 6.09 Å². The molecule has 0 aliphatic carbocycles. The smallest absolute Gasteiger partial charge is 0.409 e. The van der Waals surface area contributed by atoms with Crippen LogP contribution < -0.4 is 14.8 Å². The molecule has 8 heteroatoms. The van der Waals surface area contributed by atoms with Crippen LogP contribution in [0.15, 0.2) is 23.2 Å². The van der Waals surface area contributed by atoms with Crippen molar-refractivity contribution in [3.8, 4) is 11.5 Å². The molecule has 2 heterocycles. The number of hydrogen-bond acceptors (Lipinski definition) is 5. The number of fused-ring (bicyclic) bond motifs is 1. The fourth-order valence-electron chi connectivity index (χ4n) is 3.06. The summed E-state index contributed by atoms with van der Waals surface area (Å²) in [6.07, 6.45) is 0.622. The monoisotopic (exact) mass is 362 g/mol. The first-order chi connectivity index (χ1) is 12.7. The number of piperazine rings is 1. The van der Waals surface area contributed by atoms with E-state index in [9.17, 15) is 4.79 Å². The Balaban J connectivity index is 1.44. The van der Waals surface area contributed by atoms with E-state index in [0.29, 0.717) is 26.5 Å². The molecule has 2 aliphatic rings. The highest BCUT2D eigenvalue weighted by Crippen LogP contribution is 2.32. The van der Waals surface area contributed by atoms with Crippen LogP contribution in [-0.2, 0) is 11.2 Å². The number of benzene rings is 1. The zero-order valence-corrected chi connectivity index (χ0v) is 15.4. The van der Waals surface area contributed by atoms with Crippen LogP contribution in [0.1, 0.15) is 12.5 Å². The Morgan fingerprint density at radius 3 is 2.65 bits per heavy atom. The van der Waals surface area contributed by atoms with Gasteiger partial charge in [0.1, 0.15) is 0 Å². The Bertz CT molecular complexity index is 657. The van der Waals surface area contributed by atoms with Crippen LogP contribution >= 0.6 is 0 Å². The molecule has 2 aliphatic heterocycles. The fraction of sp³-hybridized carbons (Fsp3) is 0.556. The van der Waals surface area contributed by atoms with Gasteiger partial charge < -0.3 is 29.3 Å². The van der Waals surface area contributed by atoms with Crippen molar-refractivity contribution in [2.75, 3.05) is 53.2 Å². The molecule has 1 aromatic carbocycles. The molecule has 0 saturated carbocycles. The van der Waals surface area contributed by atoms with Crippen molar-refractivity contribution in [3.63, 3.8) is 0 Å². The van der Waals surface area contributed by atoms with Crippen LogP contribution in [0.25, 0.3) is 0 Å². The van der Waals surface area contributed by atoms with Gasteiger partial charge in [-0.15, -0.1) is 0 Å². The molecule has 1 fully saturated rings. The molecular formula is C18H26N4O4. The largest absolute Gasteiger partial charge is 0.454 e. The molecule has 26 heavy (non-hydrogen) atoms. The minimum atomic E-state index is -0.238. The molecule has 0 unspecified atom stereocenters. The standard InChI is InChI=1S/C18H26N4O4/c1-3-24-18(23)22-10-8-21(9-11-22)17(19-2)20-7-6-14-4-5-15-16(12-14)26-13-25-15/h4-5,12H,3,6-11,13H2,1-2H3,(H,19,20). The molecule has 1 saturated heterocycles. The van der Waals surface area contributed by atoms with Gasteiger partial charge in [-0.05, 0) is 31.0 Å². The molecule has 1 aromatic rings. The predicted octanol–water partition coefficient (Wildman–Crippen LogP) is 1.31. The van der Waals surface area contributed by atoms with E-state index in [1.54, 1.807) is 11.9 Å². The summed E-state index contributed by atoms with van der Waals surface area (Å²) in [5.41, 5.74) is 1.18. The molecule has 1 amide bonds. The van der Waals surface area contributed by atoms with Crippen molar-refractivity contribution in [1.29, 1.82) is 0 Å². The molecule has 0 spiro atoms. The number of nitrogens with one attached hydrogen (secondary N) is 1. The third kappa shape index (κ3) is 4.30. The minimum Gasteiger partial charge on any atom is -0.454 e. The van der Waals surface area contributed by atoms with Gasteiger partial charge in [0, 0.05) is 39.8 Å². The second kappa shape index (κ2) is 8.64. The number of ether oxygens (including phenoxy) is 3. The predicted molar refractivity (Wildman–Crippen MR) is 97.8 cm³/mol. The van der Waals surface area contributed by atoms with Crippen molar-refractivity contribution in [3.05, 3.63) is 23.8 Å². The molecular weight excluding hydrogens is 336 g/mol. The lowest BCUT2D eigenvalue weighted by Crippen LogP contribution is -2.54. The molecule has 1 N–H and O–H groups in total. The maximum atomic E-state index is 11.8. The van der Waals surface area contributed by atoms with Gasteiger partial charge in [0.2, 0.25) is 6.79 Å². The molecule has 0 aromatic heterocycles. The minimum absolute atomic E-state index is 0.238. The second-order valence-corrected chi connectivity index (χ2v) is 6.08. The van der Waals surface area contributed by atoms with Crippen molar-refractivity contribution >= 4 is 12.1 Å². The molecule has 3 rings (SSSR count). The topological polar surface area (TPSA) is 75.6 Å². The van der Waals surface area contributed by atoms with E-state index in [4.69, 9.17) is 14.2 Å². The first-order valence-electron chi connectivity index (χ1n) is 8.97. The number of nitrogens with zero attached hydrogens (tertiary/aromatic N) is 3. The molecule has 0 radical (unpaired) electrons. The SMILES string of the molecule is CCOC(=O)N1CCN(C(=NC)NCCc2ccc3c(c2)OCO3)CC1. The van der Waals surface area contributed by atoms with E-state index in [-0.39, 0.29) is 6.09 Å². The third-order valence-corrected chi connectivity index (χ3v) is 4.45. The van der Waals surface area contributed by atoms with Crippen LogP contribution in [0, 0.1) is 0 Å². The maximum absolute atomic E-state index is 11.8. The summed E-state index contributed by atoms with van der Waals surface area (Å²) in [5.74, 6) is 2.47. The average molecular weight is 362 g/mol. The van der Waals surface area contributed by atoms with E-state index in [1.165, 1.54) is 5.56 Å². The second-order valence-electron chi connectivity index (χ2n) is 6.08. The highest BCUT2D eigenvalue weighted by atomic mass is 16.7. The van der Waals surface area contributed by atoms with Gasteiger partial charge in [-0.25, -0.2) is 4.79 Å². The maximum Gasteiger partial charge on any atom is 0.409 e. The zero-order valence-electron chi connectivity index (χ0n) is 15.4. The van der Waals surface area contributed by atoms with Crippen LogP contribution in [-0.4, -0.2) is 75.0 Å². The first-order valence-corrected chi connectivity index (χ1v) is 8.97. The number of amides is 1. The highest BCUT2D eigenvalue weighted by Gasteiger charge is 2.23. The van der Waals surface area contributed by atoms with Gasteiger partial charge in [0.25, 0.3) is 0 Å². The Morgan fingerprint density at radius 1 is 1.19 bits per heavy atom. The number of guanidine groups is 1. The summed E-state index contributed by atoms with van der Waals surface area (Å²) in [6.45, 7) is 6.04. The third-order valence-electron chi connectivity index (χ3n) is 4.45. The van der Waals surface area contributed by atoms with Gasteiger partial charge in [0.05, 0.1) is 6.61 Å². The zero-order chi connectivity index (χ0) is 18.4. The quantitative estimate of drug-likeness (QED) is 0.643. The Labute approximate surface area is 153 Å². The van der Waals surface area contributed by atoms with Crippen molar-refractivity contribution in [2.24, 2.45) is 4.99 Å². The number of carbonyl (C=O) groups excluding carboxylic acids is 1. The van der Waals surface area contributed by atoms with E-state index >= 15 is 0 Å². The van der Waals surface area contributed by atoms with Crippen LogP contribution in [0.3, 0.4) is 0 Å². The summed E-state index contributed by atoms with van der Waals surface area (Å²) in [7, 11) is 1.78. The molecule has 8 nitrogen and oxygen atoms in total. The van der Waals surface area contributed by atoms with Crippen LogP contribution in [0.4, 0.5) is 4.79 Å². The van der Waals surface area contributed by atoms with Crippen molar-refractivity contribution in [1.82, 2.24) is 15.1 Å². The Hall–Kier alpha value is -2.64. The lowest BCUT2D eigenvalue weighted by atomic mass is 10.1. The summed E-state index contributed by atoms with van der Waals surface area (Å²) < 4.78 is 15.8. The average Bonchev–Trinajstić information content (AvgIpc) is 3.13. The first kappa shape index (κ1) is 18.2. The lowest BCUT2D eigenvalue weighted by Gasteiger charge is -2.35. The number of rotatable bonds is 4. The van der Waals surface area contributed by atoms with Crippen LogP contribution in [0.5, 0.6) is 11.5 Å². The summed E-state index contributed by atoms with van der Waals surface area (Å²) in [5, 5.41) is 3.39. The fourth-order valence-corrected chi connectivity index (χ4v) is 3.06. The van der Waals surface area contributed by atoms with Crippen molar-refractivity contribution < 1.29 is 19.0 Å². The number of carbonyl (C=O) groups is 1. The normalized spacial score (nSPS) is 16.6.